The zero-order valence-electron chi connectivity index (χ0n) is 12.0. The highest BCUT2D eigenvalue weighted by Gasteiger charge is 2.47. The largest absolute Gasteiger partial charge is 0.375 e. The second-order valence-electron chi connectivity index (χ2n) is 6.49. The Kier molecular flexibility index (Phi) is 3.83. The molecule has 1 unspecified atom stereocenters. The summed E-state index contributed by atoms with van der Waals surface area (Å²) in [6, 6.07) is 7.03. The third kappa shape index (κ3) is 2.49. The van der Waals surface area contributed by atoms with E-state index in [-0.39, 0.29) is 16.8 Å². The van der Waals surface area contributed by atoms with Gasteiger partial charge >= 0.3 is 0 Å². The lowest BCUT2D eigenvalue weighted by Crippen LogP contribution is -2.46. The Labute approximate surface area is 120 Å². The van der Waals surface area contributed by atoms with Crippen molar-refractivity contribution in [3.05, 3.63) is 35.6 Å². The summed E-state index contributed by atoms with van der Waals surface area (Å²) in [7, 11) is 0. The minimum absolute atomic E-state index is 0.0573. The van der Waals surface area contributed by atoms with Crippen LogP contribution in [0.3, 0.4) is 0 Å². The van der Waals surface area contributed by atoms with Gasteiger partial charge in [-0.25, -0.2) is 4.39 Å². The topological polar surface area (TPSA) is 35.2 Å². The summed E-state index contributed by atoms with van der Waals surface area (Å²) in [5, 5.41) is 0. The van der Waals surface area contributed by atoms with E-state index in [0.29, 0.717) is 6.54 Å². The molecule has 3 heteroatoms. The maximum Gasteiger partial charge on any atom is 0.123 e. The minimum Gasteiger partial charge on any atom is -0.375 e. The summed E-state index contributed by atoms with van der Waals surface area (Å²) in [6.07, 6.45) is 7.87. The molecular formula is C17H24FNO. The van der Waals surface area contributed by atoms with Gasteiger partial charge in [0.25, 0.3) is 0 Å². The third-order valence-corrected chi connectivity index (χ3v) is 5.24. The van der Waals surface area contributed by atoms with Gasteiger partial charge in [0.15, 0.2) is 0 Å². The molecule has 1 heterocycles. The van der Waals surface area contributed by atoms with Crippen molar-refractivity contribution >= 4 is 0 Å². The molecule has 1 aliphatic heterocycles. The summed E-state index contributed by atoms with van der Waals surface area (Å²) in [4.78, 5) is 0. The van der Waals surface area contributed by atoms with Crippen LogP contribution in [-0.4, -0.2) is 18.8 Å². The maximum atomic E-state index is 13.2. The standard InChI is InChI=1S/C17H24FNO/c18-15-5-3-14(4-6-15)16(9-11-19)10-12-20-17(13-16)7-1-2-8-17/h3-6H,1-2,7-13,19H2. The molecule has 2 nitrogen and oxygen atoms in total. The smallest absolute Gasteiger partial charge is 0.123 e. The van der Waals surface area contributed by atoms with Gasteiger partial charge in [-0.05, 0) is 56.3 Å². The van der Waals surface area contributed by atoms with E-state index in [0.717, 1.165) is 25.9 Å². The average molecular weight is 277 g/mol. The Morgan fingerprint density at radius 3 is 2.45 bits per heavy atom. The molecule has 2 aliphatic rings. The monoisotopic (exact) mass is 277 g/mol. The first-order chi connectivity index (χ1) is 9.68. The number of hydrogen-bond acceptors (Lipinski definition) is 2. The predicted octanol–water partition coefficient (Wildman–Crippen LogP) is 3.54. The quantitative estimate of drug-likeness (QED) is 0.917. The second kappa shape index (κ2) is 5.45. The van der Waals surface area contributed by atoms with Crippen LogP contribution in [0, 0.1) is 5.82 Å². The highest BCUT2D eigenvalue weighted by Crippen LogP contribution is 2.49. The number of halogens is 1. The molecule has 0 amide bonds. The van der Waals surface area contributed by atoms with E-state index in [1.54, 1.807) is 12.1 Å². The fraction of sp³-hybridized carbons (Fsp3) is 0.647. The highest BCUT2D eigenvalue weighted by molar-refractivity contribution is 5.28. The van der Waals surface area contributed by atoms with Gasteiger partial charge in [0.05, 0.1) is 5.60 Å². The highest BCUT2D eigenvalue weighted by atomic mass is 19.1. The molecule has 0 bridgehead atoms. The van der Waals surface area contributed by atoms with Crippen molar-refractivity contribution in [1.82, 2.24) is 0 Å². The van der Waals surface area contributed by atoms with Crippen molar-refractivity contribution in [2.75, 3.05) is 13.2 Å². The number of rotatable bonds is 3. The molecule has 1 aromatic rings. The molecule has 1 aliphatic carbocycles. The Balaban J connectivity index is 1.92. The third-order valence-electron chi connectivity index (χ3n) is 5.24. The molecule has 3 rings (SSSR count). The van der Waals surface area contributed by atoms with Gasteiger partial charge in [0.2, 0.25) is 0 Å². The fourth-order valence-corrected chi connectivity index (χ4v) is 4.24. The molecule has 0 radical (unpaired) electrons. The molecular weight excluding hydrogens is 253 g/mol. The first-order valence-electron chi connectivity index (χ1n) is 7.78. The first-order valence-corrected chi connectivity index (χ1v) is 7.78. The summed E-state index contributed by atoms with van der Waals surface area (Å²) in [6.45, 7) is 1.48. The van der Waals surface area contributed by atoms with Gasteiger partial charge in [-0.1, -0.05) is 25.0 Å². The molecule has 1 spiro atoms. The first kappa shape index (κ1) is 14.0. The van der Waals surface area contributed by atoms with Crippen LogP contribution in [0.4, 0.5) is 4.39 Å². The fourth-order valence-electron chi connectivity index (χ4n) is 4.24. The van der Waals surface area contributed by atoms with Crippen molar-refractivity contribution < 1.29 is 9.13 Å². The zero-order chi connectivity index (χ0) is 14.1. The van der Waals surface area contributed by atoms with Gasteiger partial charge in [-0.2, -0.15) is 0 Å². The summed E-state index contributed by atoms with van der Waals surface area (Å²) >= 11 is 0. The Morgan fingerprint density at radius 2 is 1.80 bits per heavy atom. The van der Waals surface area contributed by atoms with Crippen LogP contribution >= 0.6 is 0 Å². The van der Waals surface area contributed by atoms with Gasteiger partial charge in [-0.3, -0.25) is 0 Å². The molecule has 1 saturated carbocycles. The molecule has 0 aromatic heterocycles. The van der Waals surface area contributed by atoms with Crippen LogP contribution in [0.2, 0.25) is 0 Å². The lowest BCUT2D eigenvalue weighted by atomic mass is 9.66. The van der Waals surface area contributed by atoms with Crippen molar-refractivity contribution in [2.45, 2.75) is 56.0 Å². The molecule has 20 heavy (non-hydrogen) atoms. The molecule has 1 atom stereocenters. The van der Waals surface area contributed by atoms with Crippen molar-refractivity contribution in [3.63, 3.8) is 0 Å². The number of nitrogens with two attached hydrogens (primary N) is 1. The lowest BCUT2D eigenvalue weighted by molar-refractivity contribution is -0.103. The number of hydrogen-bond donors (Lipinski definition) is 1. The lowest BCUT2D eigenvalue weighted by Gasteiger charge is -2.47. The second-order valence-corrected chi connectivity index (χ2v) is 6.49. The van der Waals surface area contributed by atoms with Crippen LogP contribution in [-0.2, 0) is 10.2 Å². The van der Waals surface area contributed by atoms with Crippen LogP contribution in [0.1, 0.15) is 50.5 Å². The molecule has 2 fully saturated rings. The number of ether oxygens (including phenoxy) is 1. The minimum atomic E-state index is -0.167. The van der Waals surface area contributed by atoms with Gasteiger partial charge in [0, 0.05) is 12.0 Å². The van der Waals surface area contributed by atoms with Gasteiger partial charge in [0.1, 0.15) is 5.82 Å². The SMILES string of the molecule is NCCC1(c2ccc(F)cc2)CCOC2(CCCC2)C1. The average Bonchev–Trinajstić information content (AvgIpc) is 2.87. The number of benzene rings is 1. The van der Waals surface area contributed by atoms with Crippen LogP contribution < -0.4 is 5.73 Å². The van der Waals surface area contributed by atoms with E-state index in [1.165, 1.54) is 31.2 Å². The van der Waals surface area contributed by atoms with Crippen molar-refractivity contribution in [2.24, 2.45) is 5.73 Å². The van der Waals surface area contributed by atoms with E-state index < -0.39 is 0 Å². The van der Waals surface area contributed by atoms with Crippen LogP contribution in [0.25, 0.3) is 0 Å². The summed E-state index contributed by atoms with van der Waals surface area (Å²) in [5.74, 6) is -0.167. The molecule has 1 saturated heterocycles. The van der Waals surface area contributed by atoms with Gasteiger partial charge in [-0.15, -0.1) is 0 Å². The van der Waals surface area contributed by atoms with Gasteiger partial charge < -0.3 is 10.5 Å². The Bertz CT molecular complexity index is 449. The van der Waals surface area contributed by atoms with Crippen molar-refractivity contribution in [3.8, 4) is 0 Å². The van der Waals surface area contributed by atoms with E-state index in [9.17, 15) is 4.39 Å². The molecule has 2 N–H and O–H groups in total. The predicted molar refractivity (Wildman–Crippen MR) is 78.1 cm³/mol. The Morgan fingerprint density at radius 1 is 1.10 bits per heavy atom. The normalized spacial score (nSPS) is 28.9. The van der Waals surface area contributed by atoms with E-state index >= 15 is 0 Å². The zero-order valence-corrected chi connectivity index (χ0v) is 12.0. The van der Waals surface area contributed by atoms with E-state index in [2.05, 4.69) is 0 Å². The Hall–Kier alpha value is -0.930. The van der Waals surface area contributed by atoms with E-state index in [1.807, 2.05) is 12.1 Å². The molecule has 110 valence electrons. The van der Waals surface area contributed by atoms with E-state index in [4.69, 9.17) is 10.5 Å². The molecule has 1 aromatic carbocycles. The summed E-state index contributed by atoms with van der Waals surface area (Å²) in [5.41, 5.74) is 7.25. The van der Waals surface area contributed by atoms with Crippen LogP contribution in [0.5, 0.6) is 0 Å². The maximum absolute atomic E-state index is 13.2. The van der Waals surface area contributed by atoms with Crippen LogP contribution in [0.15, 0.2) is 24.3 Å². The van der Waals surface area contributed by atoms with Crippen molar-refractivity contribution in [1.29, 1.82) is 0 Å². The summed E-state index contributed by atoms with van der Waals surface area (Å²) < 4.78 is 19.4.